The summed E-state index contributed by atoms with van der Waals surface area (Å²) in [6.45, 7) is 6.16. The van der Waals surface area contributed by atoms with Gasteiger partial charge in [-0.3, -0.25) is 9.59 Å². The summed E-state index contributed by atoms with van der Waals surface area (Å²) in [6, 6.07) is 4.57. The summed E-state index contributed by atoms with van der Waals surface area (Å²) in [5.74, 6) is -0.288. The van der Waals surface area contributed by atoms with E-state index in [1.54, 1.807) is 0 Å². The van der Waals surface area contributed by atoms with Gasteiger partial charge in [0.15, 0.2) is 0 Å². The molecule has 1 aromatic rings. The summed E-state index contributed by atoms with van der Waals surface area (Å²) in [5, 5.41) is 11.7. The second-order valence-electron chi connectivity index (χ2n) is 6.76. The molecule has 0 bridgehead atoms. The quantitative estimate of drug-likeness (QED) is 0.826. The van der Waals surface area contributed by atoms with Gasteiger partial charge >= 0.3 is 0 Å². The van der Waals surface area contributed by atoms with Gasteiger partial charge in [-0.15, -0.1) is 0 Å². The molecular formula is C18H25FN4O2. The maximum Gasteiger partial charge on any atom is 0.270 e. The summed E-state index contributed by atoms with van der Waals surface area (Å²) in [4.78, 5) is 28.9. The zero-order valence-corrected chi connectivity index (χ0v) is 14.9. The van der Waals surface area contributed by atoms with Crippen LogP contribution in [-0.4, -0.2) is 47.0 Å². The SMILES string of the molecule is CCC(C)C(C)C(=O)NC[C@@H]1C[C@H](F)CN1C(=O)c1ccc(C#N)[nH]1. The summed E-state index contributed by atoms with van der Waals surface area (Å²) < 4.78 is 13.9. The minimum Gasteiger partial charge on any atom is -0.354 e. The minimum absolute atomic E-state index is 0.00118. The van der Waals surface area contributed by atoms with Crippen LogP contribution in [0.1, 0.15) is 49.8 Å². The molecule has 1 fully saturated rings. The van der Waals surface area contributed by atoms with E-state index in [0.717, 1.165) is 6.42 Å². The standard InChI is InChI=1S/C18H25FN4O2/c1-4-11(2)12(3)17(24)21-9-15-7-13(19)10-23(15)18(25)16-6-5-14(8-20)22-16/h5-6,11-13,15,22H,4,7,9-10H2,1-3H3,(H,21,24)/t11?,12?,13-,15-/m0/s1. The fourth-order valence-corrected chi connectivity index (χ4v) is 3.03. The molecule has 0 aliphatic carbocycles. The molecule has 2 unspecified atom stereocenters. The topological polar surface area (TPSA) is 89.0 Å². The molecule has 1 aromatic heterocycles. The van der Waals surface area contributed by atoms with Crippen LogP contribution in [0, 0.1) is 23.2 Å². The third kappa shape index (κ3) is 4.38. The van der Waals surface area contributed by atoms with Gasteiger partial charge in [0.2, 0.25) is 5.91 Å². The van der Waals surface area contributed by atoms with Crippen LogP contribution in [0.3, 0.4) is 0 Å². The number of amides is 2. The summed E-state index contributed by atoms with van der Waals surface area (Å²) >= 11 is 0. The van der Waals surface area contributed by atoms with Gasteiger partial charge in [0.05, 0.1) is 12.6 Å². The van der Waals surface area contributed by atoms with Crippen LogP contribution in [0.2, 0.25) is 0 Å². The van der Waals surface area contributed by atoms with E-state index in [0.29, 0.717) is 0 Å². The highest BCUT2D eigenvalue weighted by molar-refractivity contribution is 5.93. The average molecular weight is 348 g/mol. The molecule has 1 aliphatic heterocycles. The second-order valence-corrected chi connectivity index (χ2v) is 6.76. The number of nitriles is 1. The van der Waals surface area contributed by atoms with Gasteiger partial charge in [-0.25, -0.2) is 4.39 Å². The number of rotatable bonds is 6. The summed E-state index contributed by atoms with van der Waals surface area (Å²) in [7, 11) is 0. The van der Waals surface area contributed by atoms with E-state index in [9.17, 15) is 14.0 Å². The van der Waals surface area contributed by atoms with Crippen LogP contribution in [-0.2, 0) is 4.79 Å². The first-order valence-corrected chi connectivity index (χ1v) is 8.69. The molecule has 1 saturated heterocycles. The number of alkyl halides is 1. The number of hydrogen-bond donors (Lipinski definition) is 2. The number of aromatic amines is 1. The molecule has 136 valence electrons. The van der Waals surface area contributed by atoms with E-state index in [4.69, 9.17) is 5.26 Å². The van der Waals surface area contributed by atoms with Crippen LogP contribution in [0.25, 0.3) is 0 Å². The Morgan fingerprint density at radius 2 is 2.20 bits per heavy atom. The van der Waals surface area contributed by atoms with Crippen LogP contribution in [0.4, 0.5) is 4.39 Å². The van der Waals surface area contributed by atoms with Gasteiger partial charge in [-0.1, -0.05) is 27.2 Å². The number of aromatic nitrogens is 1. The zero-order chi connectivity index (χ0) is 18.6. The fraction of sp³-hybridized carbons (Fsp3) is 0.611. The first-order valence-electron chi connectivity index (χ1n) is 8.69. The van der Waals surface area contributed by atoms with E-state index < -0.39 is 6.17 Å². The number of H-pyrrole nitrogens is 1. The van der Waals surface area contributed by atoms with E-state index in [1.807, 2.05) is 26.8 Å². The monoisotopic (exact) mass is 348 g/mol. The highest BCUT2D eigenvalue weighted by Gasteiger charge is 2.36. The molecule has 25 heavy (non-hydrogen) atoms. The molecule has 6 nitrogen and oxygen atoms in total. The number of carbonyl (C=O) groups is 2. The lowest BCUT2D eigenvalue weighted by atomic mass is 9.93. The summed E-state index contributed by atoms with van der Waals surface area (Å²) in [6.07, 6.45) is 0.00179. The first kappa shape index (κ1) is 19.0. The molecule has 2 N–H and O–H groups in total. The molecule has 4 atom stereocenters. The molecule has 2 heterocycles. The van der Waals surface area contributed by atoms with Crippen molar-refractivity contribution in [3.05, 3.63) is 23.5 Å². The van der Waals surface area contributed by atoms with E-state index in [-0.39, 0.29) is 60.6 Å². The molecule has 1 aliphatic rings. The average Bonchev–Trinajstić information content (AvgIpc) is 3.23. The largest absolute Gasteiger partial charge is 0.354 e. The highest BCUT2D eigenvalue weighted by Crippen LogP contribution is 2.23. The van der Waals surface area contributed by atoms with Crippen molar-refractivity contribution in [3.63, 3.8) is 0 Å². The molecular weight excluding hydrogens is 323 g/mol. The van der Waals surface area contributed by atoms with Crippen LogP contribution in [0.15, 0.2) is 12.1 Å². The van der Waals surface area contributed by atoms with Crippen molar-refractivity contribution in [2.45, 2.75) is 45.8 Å². The second kappa shape index (κ2) is 8.15. The van der Waals surface area contributed by atoms with Crippen molar-refractivity contribution in [2.75, 3.05) is 13.1 Å². The van der Waals surface area contributed by atoms with Crippen molar-refractivity contribution in [1.29, 1.82) is 5.26 Å². The third-order valence-electron chi connectivity index (χ3n) is 5.08. The molecule has 0 radical (unpaired) electrons. The zero-order valence-electron chi connectivity index (χ0n) is 14.9. The minimum atomic E-state index is -1.11. The molecule has 0 aromatic carbocycles. The van der Waals surface area contributed by atoms with Crippen molar-refractivity contribution in [1.82, 2.24) is 15.2 Å². The highest BCUT2D eigenvalue weighted by atomic mass is 19.1. The Bertz CT molecular complexity index is 666. The molecule has 7 heteroatoms. The van der Waals surface area contributed by atoms with Gasteiger partial charge in [-0.05, 0) is 18.1 Å². The third-order valence-corrected chi connectivity index (χ3v) is 5.08. The fourth-order valence-electron chi connectivity index (χ4n) is 3.03. The van der Waals surface area contributed by atoms with Crippen LogP contribution in [0.5, 0.6) is 0 Å². The predicted molar refractivity (Wildman–Crippen MR) is 91.5 cm³/mol. The number of likely N-dealkylation sites (tertiary alicyclic amines) is 1. The Morgan fingerprint density at radius 3 is 2.80 bits per heavy atom. The van der Waals surface area contributed by atoms with Gasteiger partial charge in [0.25, 0.3) is 5.91 Å². The van der Waals surface area contributed by atoms with Crippen molar-refractivity contribution in [3.8, 4) is 6.07 Å². The molecule has 2 amide bonds. The lowest BCUT2D eigenvalue weighted by molar-refractivity contribution is -0.126. The van der Waals surface area contributed by atoms with Gasteiger partial charge in [-0.2, -0.15) is 5.26 Å². The molecule has 0 spiro atoms. The van der Waals surface area contributed by atoms with E-state index in [2.05, 4.69) is 10.3 Å². The lowest BCUT2D eigenvalue weighted by Gasteiger charge is -2.25. The van der Waals surface area contributed by atoms with Crippen molar-refractivity contribution in [2.24, 2.45) is 11.8 Å². The van der Waals surface area contributed by atoms with E-state index >= 15 is 0 Å². The number of carbonyl (C=O) groups excluding carboxylic acids is 2. The van der Waals surface area contributed by atoms with Crippen LogP contribution < -0.4 is 5.32 Å². The number of nitrogens with zero attached hydrogens (tertiary/aromatic N) is 2. The Kier molecular flexibility index (Phi) is 6.18. The first-order chi connectivity index (χ1) is 11.9. The lowest BCUT2D eigenvalue weighted by Crippen LogP contribution is -2.45. The van der Waals surface area contributed by atoms with Gasteiger partial charge in [0, 0.05) is 18.9 Å². The van der Waals surface area contributed by atoms with Crippen LogP contribution >= 0.6 is 0 Å². The Hall–Kier alpha value is -2.36. The van der Waals surface area contributed by atoms with Gasteiger partial charge < -0.3 is 15.2 Å². The number of halogens is 1. The Morgan fingerprint density at radius 1 is 1.48 bits per heavy atom. The van der Waals surface area contributed by atoms with Crippen molar-refractivity contribution >= 4 is 11.8 Å². The predicted octanol–water partition coefficient (Wildman–Crippen LogP) is 2.24. The summed E-state index contributed by atoms with van der Waals surface area (Å²) in [5.41, 5.74) is 0.543. The van der Waals surface area contributed by atoms with Crippen molar-refractivity contribution < 1.29 is 14.0 Å². The van der Waals surface area contributed by atoms with Gasteiger partial charge in [0.1, 0.15) is 23.6 Å². The number of hydrogen-bond acceptors (Lipinski definition) is 3. The maximum atomic E-state index is 13.9. The Labute approximate surface area is 147 Å². The smallest absolute Gasteiger partial charge is 0.270 e. The Balaban J connectivity index is 2.00. The molecule has 2 rings (SSSR count). The normalized spacial score (nSPS) is 22.3. The van der Waals surface area contributed by atoms with E-state index in [1.165, 1.54) is 17.0 Å². The number of nitrogens with one attached hydrogen (secondary N) is 2. The molecule has 0 saturated carbocycles. The maximum absolute atomic E-state index is 13.9.